The molecule has 6 heteroatoms. The van der Waals surface area contributed by atoms with Gasteiger partial charge in [-0.1, -0.05) is 11.3 Å². The molecule has 1 aromatic heterocycles. The lowest BCUT2D eigenvalue weighted by Gasteiger charge is -2.29. The highest BCUT2D eigenvalue weighted by Crippen LogP contribution is 2.28. The Bertz CT molecular complexity index is 707. The number of nitrogens with zero attached hydrogens (tertiary/aromatic N) is 2. The summed E-state index contributed by atoms with van der Waals surface area (Å²) < 4.78 is 6.74. The molecule has 0 spiro atoms. The van der Waals surface area contributed by atoms with Crippen LogP contribution in [0.25, 0.3) is 10.2 Å². The third-order valence-electron chi connectivity index (χ3n) is 4.32. The Labute approximate surface area is 140 Å². The zero-order valence-corrected chi connectivity index (χ0v) is 14.5. The largest absolute Gasteiger partial charge is 0.376 e. The number of rotatable bonds is 4. The molecule has 2 heterocycles. The predicted molar refractivity (Wildman–Crippen MR) is 93.9 cm³/mol. The lowest BCUT2D eigenvalue weighted by atomic mass is 10.1. The number of carbonyl (C=O) groups is 1. The number of hydrogen-bond acceptors (Lipinski definition) is 5. The summed E-state index contributed by atoms with van der Waals surface area (Å²) in [5, 5.41) is 0.538. The molecule has 0 bridgehead atoms. The number of ether oxygens (including phenoxy) is 1. The Morgan fingerprint density at radius 2 is 2.30 bits per heavy atom. The molecule has 1 fully saturated rings. The second-order valence-electron chi connectivity index (χ2n) is 6.02. The molecule has 1 amide bonds. The van der Waals surface area contributed by atoms with E-state index in [-0.39, 0.29) is 12.0 Å². The number of carbonyl (C=O) groups excluding carboxylic acids is 1. The second-order valence-corrected chi connectivity index (χ2v) is 7.09. The molecule has 5 nitrogen and oxygen atoms in total. The zero-order chi connectivity index (χ0) is 16.4. The van der Waals surface area contributed by atoms with Crippen molar-refractivity contribution in [3.8, 4) is 0 Å². The minimum Gasteiger partial charge on any atom is -0.376 e. The van der Waals surface area contributed by atoms with Gasteiger partial charge in [0.25, 0.3) is 5.91 Å². The molecule has 1 aliphatic rings. The van der Waals surface area contributed by atoms with Crippen LogP contribution >= 0.6 is 11.3 Å². The smallest absolute Gasteiger partial charge is 0.253 e. The number of nitrogen functional groups attached to an aromatic ring is 1. The number of hydrogen-bond donors (Lipinski definition) is 1. The molecule has 0 radical (unpaired) electrons. The summed E-state index contributed by atoms with van der Waals surface area (Å²) in [6, 6.07) is 3.82. The van der Waals surface area contributed by atoms with Gasteiger partial charge in [-0.2, -0.15) is 0 Å². The van der Waals surface area contributed by atoms with Gasteiger partial charge in [0, 0.05) is 25.3 Å². The van der Waals surface area contributed by atoms with Gasteiger partial charge in [0.15, 0.2) is 5.13 Å². The first-order valence-electron chi connectivity index (χ1n) is 8.16. The number of thiazole rings is 1. The van der Waals surface area contributed by atoms with Gasteiger partial charge in [0.1, 0.15) is 0 Å². The number of fused-ring (bicyclic) bond motifs is 1. The van der Waals surface area contributed by atoms with Gasteiger partial charge in [0.2, 0.25) is 0 Å². The summed E-state index contributed by atoms with van der Waals surface area (Å²) in [6.45, 7) is 6.13. The van der Waals surface area contributed by atoms with Crippen molar-refractivity contribution in [3.05, 3.63) is 23.3 Å². The number of aryl methyl sites for hydroxylation is 1. The van der Waals surface area contributed by atoms with Crippen molar-refractivity contribution < 1.29 is 9.53 Å². The molecular weight excluding hydrogens is 310 g/mol. The van der Waals surface area contributed by atoms with Crippen LogP contribution in [-0.4, -0.2) is 41.6 Å². The third kappa shape index (κ3) is 3.48. The van der Waals surface area contributed by atoms with Gasteiger partial charge in [0.05, 0.1) is 16.3 Å². The lowest BCUT2D eigenvalue weighted by Crippen LogP contribution is -2.39. The van der Waals surface area contributed by atoms with Gasteiger partial charge in [-0.3, -0.25) is 4.79 Å². The van der Waals surface area contributed by atoms with Gasteiger partial charge in [-0.25, -0.2) is 4.98 Å². The molecule has 1 saturated heterocycles. The Morgan fingerprint density at radius 1 is 1.48 bits per heavy atom. The molecule has 1 atom stereocenters. The first kappa shape index (κ1) is 16.2. The fourth-order valence-corrected chi connectivity index (χ4v) is 3.92. The van der Waals surface area contributed by atoms with Crippen molar-refractivity contribution in [2.75, 3.05) is 25.4 Å². The molecule has 0 saturated carbocycles. The van der Waals surface area contributed by atoms with Crippen molar-refractivity contribution in [1.29, 1.82) is 0 Å². The molecule has 23 heavy (non-hydrogen) atoms. The number of nitrogens with two attached hydrogens (primary N) is 1. The maximum atomic E-state index is 12.9. The van der Waals surface area contributed by atoms with Crippen LogP contribution in [0.1, 0.15) is 42.1 Å². The van der Waals surface area contributed by atoms with E-state index in [9.17, 15) is 4.79 Å². The zero-order valence-electron chi connectivity index (χ0n) is 13.7. The van der Waals surface area contributed by atoms with Crippen LogP contribution in [0.4, 0.5) is 5.13 Å². The van der Waals surface area contributed by atoms with Crippen molar-refractivity contribution in [1.82, 2.24) is 9.88 Å². The molecular formula is C17H23N3O2S. The molecule has 2 N–H and O–H groups in total. The monoisotopic (exact) mass is 333 g/mol. The maximum Gasteiger partial charge on any atom is 0.253 e. The van der Waals surface area contributed by atoms with E-state index in [1.165, 1.54) is 17.8 Å². The standard InChI is InChI=1S/C17H23N3O2S/c1-3-20(10-13-6-4-5-7-22-13)16(21)12-8-11(2)15-14(9-12)23-17(18)19-15/h8-9,13H,3-7,10H2,1-2H3,(H2,18,19)/t13-/m0/s1. The van der Waals surface area contributed by atoms with Crippen LogP contribution < -0.4 is 5.73 Å². The van der Waals surface area contributed by atoms with E-state index in [1.807, 2.05) is 30.9 Å². The van der Waals surface area contributed by atoms with Crippen LogP contribution in [0, 0.1) is 6.92 Å². The van der Waals surface area contributed by atoms with Crippen molar-refractivity contribution >= 4 is 32.6 Å². The van der Waals surface area contributed by atoms with E-state index in [0.717, 1.165) is 35.2 Å². The van der Waals surface area contributed by atoms with Crippen LogP contribution in [-0.2, 0) is 4.74 Å². The summed E-state index contributed by atoms with van der Waals surface area (Å²) in [5.74, 6) is 0.0543. The van der Waals surface area contributed by atoms with Gasteiger partial charge < -0.3 is 15.4 Å². The molecule has 124 valence electrons. The van der Waals surface area contributed by atoms with Crippen LogP contribution in [0.15, 0.2) is 12.1 Å². The molecule has 3 rings (SSSR count). The van der Waals surface area contributed by atoms with Gasteiger partial charge in [-0.15, -0.1) is 0 Å². The number of benzene rings is 1. The predicted octanol–water partition coefficient (Wildman–Crippen LogP) is 3.22. The van der Waals surface area contributed by atoms with Crippen molar-refractivity contribution in [3.63, 3.8) is 0 Å². The summed E-state index contributed by atoms with van der Waals surface area (Å²) in [4.78, 5) is 19.1. The number of amides is 1. The highest BCUT2D eigenvalue weighted by atomic mass is 32.1. The number of aromatic nitrogens is 1. The Kier molecular flexibility index (Phi) is 4.82. The average Bonchev–Trinajstić information content (AvgIpc) is 2.94. The highest BCUT2D eigenvalue weighted by molar-refractivity contribution is 7.22. The van der Waals surface area contributed by atoms with Crippen molar-refractivity contribution in [2.24, 2.45) is 0 Å². The first-order valence-corrected chi connectivity index (χ1v) is 8.97. The Balaban J connectivity index is 1.82. The fourth-order valence-electron chi connectivity index (χ4n) is 3.07. The SMILES string of the molecule is CCN(C[C@@H]1CCCCO1)C(=O)c1cc(C)c2nc(N)sc2c1. The van der Waals surface area contributed by atoms with Crippen LogP contribution in [0.5, 0.6) is 0 Å². The van der Waals surface area contributed by atoms with E-state index in [0.29, 0.717) is 23.8 Å². The van der Waals surface area contributed by atoms with Crippen LogP contribution in [0.3, 0.4) is 0 Å². The Hall–Kier alpha value is -1.66. The normalized spacial score (nSPS) is 18.3. The number of anilines is 1. The Morgan fingerprint density at radius 3 is 3.00 bits per heavy atom. The second kappa shape index (κ2) is 6.84. The molecule has 0 unspecified atom stereocenters. The summed E-state index contributed by atoms with van der Waals surface area (Å²) in [5.41, 5.74) is 8.38. The molecule has 1 aromatic carbocycles. The topological polar surface area (TPSA) is 68.5 Å². The average molecular weight is 333 g/mol. The quantitative estimate of drug-likeness (QED) is 0.933. The van der Waals surface area contributed by atoms with Crippen LogP contribution in [0.2, 0.25) is 0 Å². The van der Waals surface area contributed by atoms with E-state index in [2.05, 4.69) is 4.98 Å². The van der Waals surface area contributed by atoms with Gasteiger partial charge in [-0.05, 0) is 50.8 Å². The molecule has 0 aliphatic carbocycles. The minimum atomic E-state index is 0.0543. The fraction of sp³-hybridized carbons (Fsp3) is 0.529. The van der Waals surface area contributed by atoms with E-state index >= 15 is 0 Å². The highest BCUT2D eigenvalue weighted by Gasteiger charge is 2.22. The van der Waals surface area contributed by atoms with Gasteiger partial charge >= 0.3 is 0 Å². The van der Waals surface area contributed by atoms with E-state index in [4.69, 9.17) is 10.5 Å². The lowest BCUT2D eigenvalue weighted by molar-refractivity contribution is -0.00311. The molecule has 2 aromatic rings. The maximum absolute atomic E-state index is 12.9. The summed E-state index contributed by atoms with van der Waals surface area (Å²) in [6.07, 6.45) is 3.50. The van der Waals surface area contributed by atoms with Crippen molar-refractivity contribution in [2.45, 2.75) is 39.2 Å². The third-order valence-corrected chi connectivity index (χ3v) is 5.15. The summed E-state index contributed by atoms with van der Waals surface area (Å²) >= 11 is 1.42. The minimum absolute atomic E-state index is 0.0543. The first-order chi connectivity index (χ1) is 11.1. The number of likely N-dealkylation sites (N-methyl/N-ethyl adjacent to an activating group) is 1. The summed E-state index contributed by atoms with van der Waals surface area (Å²) in [7, 11) is 0. The van der Waals surface area contributed by atoms with E-state index in [1.54, 1.807) is 0 Å². The molecule has 1 aliphatic heterocycles. The van der Waals surface area contributed by atoms with E-state index < -0.39 is 0 Å².